The van der Waals surface area contributed by atoms with Crippen molar-refractivity contribution in [3.8, 4) is 0 Å². The van der Waals surface area contributed by atoms with Crippen molar-refractivity contribution < 1.29 is 13.9 Å². The van der Waals surface area contributed by atoms with Crippen molar-refractivity contribution in [2.24, 2.45) is 0 Å². The van der Waals surface area contributed by atoms with E-state index in [1.54, 1.807) is 0 Å². The van der Waals surface area contributed by atoms with Crippen molar-refractivity contribution in [1.29, 1.82) is 0 Å². The van der Waals surface area contributed by atoms with Crippen LogP contribution in [0.1, 0.15) is 34.6 Å². The third-order valence-electron chi connectivity index (χ3n) is 4.63. The fraction of sp³-hybridized carbons (Fsp3) is 1.00. The van der Waals surface area contributed by atoms with Gasteiger partial charge >= 0.3 is 0 Å². The van der Waals surface area contributed by atoms with Gasteiger partial charge in [-0.1, -0.05) is 20.8 Å². The van der Waals surface area contributed by atoms with E-state index in [1.165, 1.54) is 0 Å². The van der Waals surface area contributed by atoms with Crippen LogP contribution >= 0.6 is 0 Å². The first kappa shape index (κ1) is 15.4. The third kappa shape index (κ3) is 3.21. The van der Waals surface area contributed by atoms with Gasteiger partial charge in [-0.2, -0.15) is 0 Å². The Morgan fingerprint density at radius 3 is 2.47 bits per heavy atom. The first-order valence-corrected chi connectivity index (χ1v) is 10.2. The summed E-state index contributed by atoms with van der Waals surface area (Å²) in [6.07, 6.45) is 0.294. The quantitative estimate of drug-likeness (QED) is 0.810. The zero-order valence-corrected chi connectivity index (χ0v) is 14.4. The topological polar surface area (TPSA) is 39.7 Å². The van der Waals surface area contributed by atoms with Crippen LogP contribution in [0.4, 0.5) is 0 Å². The smallest absolute Gasteiger partial charge is 0.192 e. The Balaban J connectivity index is 1.91. The molecule has 2 heterocycles. The molecule has 2 rings (SSSR count). The molecule has 0 aliphatic carbocycles. The normalized spacial score (nSPS) is 34.6. The highest BCUT2D eigenvalue weighted by Crippen LogP contribution is 2.38. The van der Waals surface area contributed by atoms with Crippen LogP contribution in [-0.2, 0) is 13.9 Å². The predicted molar refractivity (Wildman–Crippen MR) is 78.8 cm³/mol. The summed E-state index contributed by atoms with van der Waals surface area (Å²) in [6.45, 7) is 16.9. The van der Waals surface area contributed by atoms with Crippen molar-refractivity contribution in [1.82, 2.24) is 5.32 Å². The molecular formula is C14H29NO3Si. The molecule has 19 heavy (non-hydrogen) atoms. The first-order chi connectivity index (χ1) is 8.52. The van der Waals surface area contributed by atoms with Gasteiger partial charge in [-0.3, -0.25) is 0 Å². The molecule has 2 aliphatic rings. The highest BCUT2D eigenvalue weighted by atomic mass is 28.4. The van der Waals surface area contributed by atoms with E-state index in [2.05, 4.69) is 39.2 Å². The molecule has 0 amide bonds. The van der Waals surface area contributed by atoms with Gasteiger partial charge in [0.15, 0.2) is 14.1 Å². The lowest BCUT2D eigenvalue weighted by molar-refractivity contribution is -0.153. The van der Waals surface area contributed by atoms with Gasteiger partial charge in [-0.25, -0.2) is 0 Å². The molecule has 0 aromatic carbocycles. The minimum absolute atomic E-state index is 0.125. The molecular weight excluding hydrogens is 258 g/mol. The van der Waals surface area contributed by atoms with Gasteiger partial charge in [0.05, 0.1) is 12.6 Å². The van der Waals surface area contributed by atoms with Gasteiger partial charge in [-0.05, 0) is 32.0 Å². The molecule has 0 saturated carbocycles. The summed E-state index contributed by atoms with van der Waals surface area (Å²) in [5.74, 6) is -0.452. The molecule has 1 N–H and O–H groups in total. The van der Waals surface area contributed by atoms with E-state index < -0.39 is 14.1 Å². The van der Waals surface area contributed by atoms with Crippen molar-refractivity contribution >= 4 is 8.32 Å². The molecule has 0 aromatic heterocycles. The Morgan fingerprint density at radius 2 is 1.89 bits per heavy atom. The number of hydrogen-bond acceptors (Lipinski definition) is 4. The summed E-state index contributed by atoms with van der Waals surface area (Å²) >= 11 is 0. The van der Waals surface area contributed by atoms with E-state index >= 15 is 0 Å². The molecule has 0 radical (unpaired) electrons. The highest BCUT2D eigenvalue weighted by Gasteiger charge is 2.49. The zero-order chi connectivity index (χ0) is 14.5. The number of ether oxygens (including phenoxy) is 2. The zero-order valence-electron chi connectivity index (χ0n) is 13.4. The van der Waals surface area contributed by atoms with E-state index in [1.807, 2.05) is 13.8 Å². The van der Waals surface area contributed by atoms with E-state index in [9.17, 15) is 0 Å². The lowest BCUT2D eigenvalue weighted by Gasteiger charge is -2.37. The summed E-state index contributed by atoms with van der Waals surface area (Å²) < 4.78 is 18.2. The van der Waals surface area contributed by atoms with Crippen LogP contribution in [-0.4, -0.2) is 45.5 Å². The fourth-order valence-electron chi connectivity index (χ4n) is 2.41. The van der Waals surface area contributed by atoms with Gasteiger partial charge in [0.2, 0.25) is 0 Å². The van der Waals surface area contributed by atoms with Crippen molar-refractivity contribution in [3.05, 3.63) is 0 Å². The number of fused-ring (bicyclic) bond motifs is 1. The van der Waals surface area contributed by atoms with Gasteiger partial charge in [0.1, 0.15) is 12.2 Å². The second kappa shape index (κ2) is 4.81. The summed E-state index contributed by atoms with van der Waals surface area (Å²) in [4.78, 5) is 0. The third-order valence-corrected chi connectivity index (χ3v) is 9.13. The average Bonchev–Trinajstić information content (AvgIpc) is 2.68. The van der Waals surface area contributed by atoms with Crippen molar-refractivity contribution in [2.75, 3.05) is 13.2 Å². The van der Waals surface area contributed by atoms with E-state index in [-0.39, 0.29) is 23.3 Å². The van der Waals surface area contributed by atoms with Crippen LogP contribution in [0.5, 0.6) is 0 Å². The number of nitrogens with one attached hydrogen (secondary N) is 1. The molecule has 0 spiro atoms. The van der Waals surface area contributed by atoms with Crippen LogP contribution in [0.25, 0.3) is 0 Å². The van der Waals surface area contributed by atoms with E-state index in [4.69, 9.17) is 13.9 Å². The maximum absolute atomic E-state index is 6.30. The molecule has 0 bridgehead atoms. The molecule has 3 atom stereocenters. The molecule has 2 aliphatic heterocycles. The lowest BCUT2D eigenvalue weighted by atomic mass is 10.1. The van der Waals surface area contributed by atoms with Gasteiger partial charge in [0.25, 0.3) is 0 Å². The standard InChI is InChI=1S/C14H29NO3Si/c1-13(2,3)19(6,7)16-9-10-12-11(8-15-10)17-14(4,5)18-12/h10-12,15H,8-9H2,1-7H3/t10?,11-,12-/m0/s1. The molecule has 1 unspecified atom stereocenters. The summed E-state index contributed by atoms with van der Waals surface area (Å²) in [7, 11) is -1.69. The van der Waals surface area contributed by atoms with Crippen LogP contribution in [0, 0.1) is 0 Å². The maximum Gasteiger partial charge on any atom is 0.192 e. The van der Waals surface area contributed by atoms with Crippen LogP contribution < -0.4 is 5.32 Å². The van der Waals surface area contributed by atoms with E-state index in [0.717, 1.165) is 13.2 Å². The molecule has 5 heteroatoms. The summed E-state index contributed by atoms with van der Waals surface area (Å²) in [5.41, 5.74) is 0. The predicted octanol–water partition coefficient (Wildman–Crippen LogP) is 2.50. The maximum atomic E-state index is 6.30. The molecule has 2 fully saturated rings. The van der Waals surface area contributed by atoms with Gasteiger partial charge in [-0.15, -0.1) is 0 Å². The van der Waals surface area contributed by atoms with Crippen molar-refractivity contribution in [2.45, 2.75) is 76.8 Å². The van der Waals surface area contributed by atoms with E-state index in [0.29, 0.717) is 0 Å². The Bertz CT molecular complexity index is 338. The van der Waals surface area contributed by atoms with Crippen LogP contribution in [0.3, 0.4) is 0 Å². The number of hydrogen-bond donors (Lipinski definition) is 1. The second-order valence-corrected chi connectivity index (χ2v) is 12.5. The number of rotatable bonds is 3. The SMILES string of the molecule is CC1(C)O[C@H]2CNC(CO[Si](C)(C)C(C)(C)C)[C@@H]2O1. The molecule has 4 nitrogen and oxygen atoms in total. The Hall–Kier alpha value is 0.0569. The Labute approximate surface area is 118 Å². The Morgan fingerprint density at radius 1 is 1.26 bits per heavy atom. The minimum Gasteiger partial charge on any atom is -0.415 e. The van der Waals surface area contributed by atoms with Crippen LogP contribution in [0.2, 0.25) is 18.1 Å². The Kier molecular flexibility index (Phi) is 3.91. The monoisotopic (exact) mass is 287 g/mol. The van der Waals surface area contributed by atoms with Gasteiger partial charge in [0, 0.05) is 6.54 Å². The lowest BCUT2D eigenvalue weighted by Crippen LogP contribution is -2.46. The second-order valence-electron chi connectivity index (χ2n) is 7.72. The fourth-order valence-corrected chi connectivity index (χ4v) is 3.44. The minimum atomic E-state index is -1.69. The average molecular weight is 287 g/mol. The summed E-state index contributed by atoms with van der Waals surface area (Å²) in [6, 6.07) is 0.251. The molecule has 112 valence electrons. The molecule has 0 aromatic rings. The molecule has 2 saturated heterocycles. The van der Waals surface area contributed by atoms with Crippen LogP contribution in [0.15, 0.2) is 0 Å². The van der Waals surface area contributed by atoms with Gasteiger partial charge < -0.3 is 19.2 Å². The largest absolute Gasteiger partial charge is 0.415 e. The summed E-state index contributed by atoms with van der Waals surface area (Å²) in [5, 5.41) is 3.71. The van der Waals surface area contributed by atoms with Crippen molar-refractivity contribution in [3.63, 3.8) is 0 Å². The first-order valence-electron chi connectivity index (χ1n) is 7.25. The highest BCUT2D eigenvalue weighted by molar-refractivity contribution is 6.74.